The molecule has 0 bridgehead atoms. The van der Waals surface area contributed by atoms with E-state index in [4.69, 9.17) is 0 Å². The van der Waals surface area contributed by atoms with Crippen LogP contribution in [0, 0.1) is 12.7 Å². The summed E-state index contributed by atoms with van der Waals surface area (Å²) in [5, 5.41) is 2.63. The van der Waals surface area contributed by atoms with Crippen molar-refractivity contribution in [3.05, 3.63) is 40.7 Å². The fourth-order valence-corrected chi connectivity index (χ4v) is 3.28. The number of hydrogen-bond acceptors (Lipinski definition) is 5. The van der Waals surface area contributed by atoms with Crippen molar-refractivity contribution < 1.29 is 17.6 Å². The van der Waals surface area contributed by atoms with Crippen LogP contribution in [0.25, 0.3) is 0 Å². The number of rotatable bonds is 4. The van der Waals surface area contributed by atoms with Crippen LogP contribution in [-0.4, -0.2) is 32.6 Å². The summed E-state index contributed by atoms with van der Waals surface area (Å²) in [5.74, 6) is -1.08. The van der Waals surface area contributed by atoms with Gasteiger partial charge in [-0.05, 0) is 19.1 Å². The molecule has 118 valence electrons. The van der Waals surface area contributed by atoms with E-state index in [-0.39, 0.29) is 15.7 Å². The summed E-state index contributed by atoms with van der Waals surface area (Å²) < 4.78 is 37.5. The molecule has 0 saturated carbocycles. The van der Waals surface area contributed by atoms with Gasteiger partial charge in [-0.2, -0.15) is 0 Å². The predicted octanol–water partition coefficient (Wildman–Crippen LogP) is 2.24. The number of amides is 1. The van der Waals surface area contributed by atoms with Crippen molar-refractivity contribution in [2.75, 3.05) is 22.9 Å². The van der Waals surface area contributed by atoms with Crippen molar-refractivity contribution in [3.8, 4) is 0 Å². The number of nitrogens with zero attached hydrogens (tertiary/aromatic N) is 2. The summed E-state index contributed by atoms with van der Waals surface area (Å²) in [7, 11) is -2.11. The molecule has 1 aromatic heterocycles. The van der Waals surface area contributed by atoms with Crippen molar-refractivity contribution in [2.45, 2.75) is 6.92 Å². The van der Waals surface area contributed by atoms with Crippen molar-refractivity contribution in [3.63, 3.8) is 0 Å². The Morgan fingerprint density at radius 3 is 2.59 bits per heavy atom. The maximum atomic E-state index is 13.5. The molecule has 1 heterocycles. The first-order chi connectivity index (χ1) is 10.2. The van der Waals surface area contributed by atoms with Gasteiger partial charge in [0.2, 0.25) is 10.0 Å². The molecule has 0 fully saturated rings. The maximum absolute atomic E-state index is 13.5. The molecule has 0 radical (unpaired) electrons. The number of sulfonamides is 1. The average molecular weight is 343 g/mol. The molecule has 0 unspecified atom stereocenters. The van der Waals surface area contributed by atoms with Crippen LogP contribution in [0.15, 0.2) is 24.3 Å². The zero-order valence-corrected chi connectivity index (χ0v) is 13.8. The molecule has 0 aliphatic rings. The van der Waals surface area contributed by atoms with Crippen LogP contribution in [0.5, 0.6) is 0 Å². The second-order valence-electron chi connectivity index (χ2n) is 4.58. The smallest absolute Gasteiger partial charge is 0.267 e. The summed E-state index contributed by atoms with van der Waals surface area (Å²) >= 11 is 0.929. The van der Waals surface area contributed by atoms with Gasteiger partial charge in [-0.1, -0.05) is 23.5 Å². The summed E-state index contributed by atoms with van der Waals surface area (Å²) in [4.78, 5) is 16.5. The molecule has 0 saturated heterocycles. The molecule has 0 atom stereocenters. The molecule has 22 heavy (non-hydrogen) atoms. The average Bonchev–Trinajstić information content (AvgIpc) is 2.81. The highest BCUT2D eigenvalue weighted by molar-refractivity contribution is 7.92. The van der Waals surface area contributed by atoms with Gasteiger partial charge in [0.1, 0.15) is 10.7 Å². The summed E-state index contributed by atoms with van der Waals surface area (Å²) in [6.45, 7) is 1.59. The highest BCUT2D eigenvalue weighted by Gasteiger charge is 2.21. The van der Waals surface area contributed by atoms with Crippen LogP contribution in [0.1, 0.15) is 15.4 Å². The van der Waals surface area contributed by atoms with E-state index in [2.05, 4.69) is 10.3 Å². The zero-order chi connectivity index (χ0) is 16.5. The Bertz CT molecular complexity index is 818. The number of para-hydroxylation sites is 1. The third-order valence-corrected chi connectivity index (χ3v) is 5.40. The van der Waals surface area contributed by atoms with Gasteiger partial charge in [-0.25, -0.2) is 22.1 Å². The molecule has 0 aliphatic heterocycles. The largest absolute Gasteiger partial charge is 0.319 e. The third kappa shape index (κ3) is 3.42. The zero-order valence-electron chi connectivity index (χ0n) is 12.1. The Balaban J connectivity index is 2.28. The SMILES string of the molecule is Cc1nc(N(C)S(C)(=O)=O)sc1C(=O)Nc1ccccc1F. The first-order valence-corrected chi connectivity index (χ1v) is 8.84. The maximum Gasteiger partial charge on any atom is 0.267 e. The standard InChI is InChI=1S/C13H14FN3O3S2/c1-8-11(21-13(15-8)17(2)22(3,19)20)12(18)16-10-7-5-4-6-9(10)14/h4-7H,1-3H3,(H,16,18). The lowest BCUT2D eigenvalue weighted by molar-refractivity contribution is 0.102. The molecular formula is C13H14FN3O3S2. The monoisotopic (exact) mass is 343 g/mol. The summed E-state index contributed by atoms with van der Waals surface area (Å²) in [6, 6.07) is 5.79. The van der Waals surface area contributed by atoms with E-state index < -0.39 is 21.7 Å². The molecule has 1 amide bonds. The van der Waals surface area contributed by atoms with Gasteiger partial charge in [0, 0.05) is 7.05 Å². The van der Waals surface area contributed by atoms with Gasteiger partial charge in [-0.3, -0.25) is 4.79 Å². The van der Waals surface area contributed by atoms with Gasteiger partial charge in [-0.15, -0.1) is 0 Å². The van der Waals surface area contributed by atoms with Crippen LogP contribution >= 0.6 is 11.3 Å². The number of aromatic nitrogens is 1. The molecule has 9 heteroatoms. The summed E-state index contributed by atoms with van der Waals surface area (Å²) in [5.41, 5.74) is 0.433. The molecule has 1 N–H and O–H groups in total. The van der Waals surface area contributed by atoms with Crippen LogP contribution in [0.2, 0.25) is 0 Å². The lowest BCUT2D eigenvalue weighted by atomic mass is 10.3. The fraction of sp³-hybridized carbons (Fsp3) is 0.231. The number of carbonyl (C=O) groups excluding carboxylic acids is 1. The highest BCUT2D eigenvalue weighted by atomic mass is 32.2. The molecular weight excluding hydrogens is 329 g/mol. The van der Waals surface area contributed by atoms with E-state index in [0.29, 0.717) is 5.69 Å². The number of halogens is 1. The van der Waals surface area contributed by atoms with E-state index in [1.807, 2.05) is 0 Å². The number of benzene rings is 1. The Kier molecular flexibility index (Phi) is 4.47. The molecule has 2 rings (SSSR count). The minimum atomic E-state index is -3.46. The second kappa shape index (κ2) is 6.01. The van der Waals surface area contributed by atoms with E-state index >= 15 is 0 Å². The minimum absolute atomic E-state index is 0.0540. The van der Waals surface area contributed by atoms with E-state index in [1.54, 1.807) is 13.0 Å². The topological polar surface area (TPSA) is 79.4 Å². The van der Waals surface area contributed by atoms with Crippen LogP contribution < -0.4 is 9.62 Å². The van der Waals surface area contributed by atoms with E-state index in [1.165, 1.54) is 25.2 Å². The fourth-order valence-electron chi connectivity index (χ4n) is 1.61. The van der Waals surface area contributed by atoms with Gasteiger partial charge in [0.25, 0.3) is 5.91 Å². The van der Waals surface area contributed by atoms with Crippen LogP contribution in [0.4, 0.5) is 15.2 Å². The van der Waals surface area contributed by atoms with Crippen LogP contribution in [0.3, 0.4) is 0 Å². The number of hydrogen-bond donors (Lipinski definition) is 1. The lowest BCUT2D eigenvalue weighted by Gasteiger charge is -2.11. The van der Waals surface area contributed by atoms with Crippen molar-refractivity contribution >= 4 is 38.1 Å². The van der Waals surface area contributed by atoms with Crippen molar-refractivity contribution in [1.82, 2.24) is 4.98 Å². The quantitative estimate of drug-likeness (QED) is 0.923. The van der Waals surface area contributed by atoms with E-state index in [9.17, 15) is 17.6 Å². The Morgan fingerprint density at radius 2 is 2.00 bits per heavy atom. The summed E-state index contributed by atoms with van der Waals surface area (Å²) in [6.07, 6.45) is 1.04. The number of carbonyl (C=O) groups is 1. The Labute approximate surface area is 131 Å². The second-order valence-corrected chi connectivity index (χ2v) is 7.57. The normalized spacial score (nSPS) is 11.3. The first-order valence-electron chi connectivity index (χ1n) is 6.17. The van der Waals surface area contributed by atoms with Crippen LogP contribution in [-0.2, 0) is 10.0 Å². The molecule has 2 aromatic rings. The van der Waals surface area contributed by atoms with Crippen molar-refractivity contribution in [2.24, 2.45) is 0 Å². The third-order valence-electron chi connectivity index (χ3n) is 2.88. The molecule has 0 aliphatic carbocycles. The van der Waals surface area contributed by atoms with Gasteiger partial charge in [0.05, 0.1) is 17.6 Å². The van der Waals surface area contributed by atoms with Gasteiger partial charge >= 0.3 is 0 Å². The Hall–Kier alpha value is -2.00. The van der Waals surface area contributed by atoms with E-state index in [0.717, 1.165) is 21.9 Å². The first kappa shape index (κ1) is 16.4. The predicted molar refractivity (Wildman–Crippen MR) is 84.5 cm³/mol. The lowest BCUT2D eigenvalue weighted by Crippen LogP contribution is -2.24. The highest BCUT2D eigenvalue weighted by Crippen LogP contribution is 2.27. The number of thiazole rings is 1. The van der Waals surface area contributed by atoms with Gasteiger partial charge in [0.15, 0.2) is 5.13 Å². The Morgan fingerprint density at radius 1 is 1.36 bits per heavy atom. The molecule has 1 aromatic carbocycles. The minimum Gasteiger partial charge on any atom is -0.319 e. The number of nitrogens with one attached hydrogen (secondary N) is 1. The number of aryl methyl sites for hydroxylation is 1. The van der Waals surface area contributed by atoms with Crippen molar-refractivity contribution in [1.29, 1.82) is 0 Å². The number of anilines is 2. The molecule has 0 spiro atoms. The van der Waals surface area contributed by atoms with Gasteiger partial charge < -0.3 is 5.32 Å². The molecule has 6 nitrogen and oxygen atoms in total.